The summed E-state index contributed by atoms with van der Waals surface area (Å²) >= 11 is 0. The van der Waals surface area contributed by atoms with Crippen molar-refractivity contribution in [2.75, 3.05) is 0 Å². The molecule has 3 aromatic carbocycles. The lowest BCUT2D eigenvalue weighted by atomic mass is 10.1. The molecular formula is C27H20NO3+. The van der Waals surface area contributed by atoms with Crippen molar-refractivity contribution in [3.05, 3.63) is 115 Å². The SMILES string of the molecule is Oc1ccc(-c2ccc3ccc(=[N+](c4ccccc4)c4ccccc4)cc-3o2)cc1O. The van der Waals surface area contributed by atoms with Crippen LogP contribution < -0.4 is 9.93 Å². The molecule has 3 aromatic rings. The molecular weight excluding hydrogens is 386 g/mol. The first-order valence-corrected chi connectivity index (χ1v) is 9.98. The van der Waals surface area contributed by atoms with Crippen LogP contribution in [0.25, 0.3) is 22.6 Å². The highest BCUT2D eigenvalue weighted by Crippen LogP contribution is 2.33. The van der Waals surface area contributed by atoms with Gasteiger partial charge < -0.3 is 14.6 Å². The molecule has 1 aliphatic heterocycles. The van der Waals surface area contributed by atoms with E-state index in [9.17, 15) is 10.2 Å². The van der Waals surface area contributed by atoms with Gasteiger partial charge in [0.05, 0.1) is 6.07 Å². The molecule has 4 nitrogen and oxygen atoms in total. The van der Waals surface area contributed by atoms with Gasteiger partial charge in [0.2, 0.25) is 16.7 Å². The molecule has 1 heterocycles. The van der Waals surface area contributed by atoms with Crippen molar-refractivity contribution in [3.63, 3.8) is 0 Å². The maximum atomic E-state index is 9.85. The predicted octanol–water partition coefficient (Wildman–Crippen LogP) is 5.90. The van der Waals surface area contributed by atoms with Crippen LogP contribution in [0.5, 0.6) is 11.5 Å². The molecule has 0 unspecified atom stereocenters. The van der Waals surface area contributed by atoms with Crippen LogP contribution in [0.15, 0.2) is 114 Å². The number of hydrogen-bond acceptors (Lipinski definition) is 3. The summed E-state index contributed by atoms with van der Waals surface area (Å²) in [6.07, 6.45) is 0. The number of hydrogen-bond donors (Lipinski definition) is 2. The van der Waals surface area contributed by atoms with Gasteiger partial charge in [-0.1, -0.05) is 36.4 Å². The van der Waals surface area contributed by atoms with E-state index in [0.29, 0.717) is 11.3 Å². The van der Waals surface area contributed by atoms with Crippen molar-refractivity contribution in [1.29, 1.82) is 0 Å². The number of rotatable bonds is 3. The molecule has 1 aliphatic carbocycles. The molecule has 5 rings (SSSR count). The third-order valence-electron chi connectivity index (χ3n) is 5.18. The molecule has 4 heteroatoms. The zero-order valence-electron chi connectivity index (χ0n) is 16.6. The number of nitrogens with zero attached hydrogens (tertiary/aromatic N) is 1. The van der Waals surface area contributed by atoms with Gasteiger partial charge in [0.15, 0.2) is 11.5 Å². The van der Waals surface area contributed by atoms with Gasteiger partial charge in [-0.2, -0.15) is 4.58 Å². The van der Waals surface area contributed by atoms with Crippen LogP contribution in [-0.2, 0) is 0 Å². The van der Waals surface area contributed by atoms with Crippen LogP contribution in [0, 0.1) is 0 Å². The summed E-state index contributed by atoms with van der Waals surface area (Å²) in [6, 6.07) is 35.0. The van der Waals surface area contributed by atoms with Crippen LogP contribution in [0.2, 0.25) is 0 Å². The average molecular weight is 406 g/mol. The van der Waals surface area contributed by atoms with Crippen LogP contribution in [0.3, 0.4) is 0 Å². The van der Waals surface area contributed by atoms with Gasteiger partial charge in [0, 0.05) is 41.5 Å². The second kappa shape index (κ2) is 7.84. The molecule has 0 amide bonds. The zero-order valence-corrected chi connectivity index (χ0v) is 16.6. The quantitative estimate of drug-likeness (QED) is 0.290. The monoisotopic (exact) mass is 406 g/mol. The summed E-state index contributed by atoms with van der Waals surface area (Å²) in [5.74, 6) is 0.986. The van der Waals surface area contributed by atoms with Crippen molar-refractivity contribution in [3.8, 4) is 34.1 Å². The van der Waals surface area contributed by atoms with Gasteiger partial charge in [-0.05, 0) is 36.4 Å². The molecule has 31 heavy (non-hydrogen) atoms. The van der Waals surface area contributed by atoms with Gasteiger partial charge in [-0.3, -0.25) is 0 Å². The molecule has 0 radical (unpaired) electrons. The second-order valence-corrected chi connectivity index (χ2v) is 7.23. The van der Waals surface area contributed by atoms with Gasteiger partial charge in [-0.25, -0.2) is 0 Å². The highest BCUT2D eigenvalue weighted by atomic mass is 16.3. The second-order valence-electron chi connectivity index (χ2n) is 7.23. The minimum absolute atomic E-state index is 0.159. The number of phenols is 2. The van der Waals surface area contributed by atoms with E-state index in [1.165, 1.54) is 12.1 Å². The number of aromatic hydroxyl groups is 2. The fourth-order valence-electron chi connectivity index (χ4n) is 3.64. The first-order valence-electron chi connectivity index (χ1n) is 9.98. The highest BCUT2D eigenvalue weighted by molar-refractivity contribution is 5.67. The third kappa shape index (κ3) is 3.67. The summed E-state index contributed by atoms with van der Waals surface area (Å²) in [5.41, 5.74) is 3.75. The van der Waals surface area contributed by atoms with Crippen molar-refractivity contribution in [1.82, 2.24) is 4.58 Å². The van der Waals surface area contributed by atoms with E-state index in [2.05, 4.69) is 34.9 Å². The van der Waals surface area contributed by atoms with Crippen molar-refractivity contribution in [2.45, 2.75) is 0 Å². The van der Waals surface area contributed by atoms with E-state index in [1.807, 2.05) is 60.7 Å². The Morgan fingerprint density at radius 3 is 1.77 bits per heavy atom. The van der Waals surface area contributed by atoms with E-state index in [1.54, 1.807) is 6.07 Å². The van der Waals surface area contributed by atoms with Crippen LogP contribution in [-0.4, -0.2) is 10.2 Å². The Morgan fingerprint density at radius 1 is 0.516 bits per heavy atom. The number of phenolic OH excluding ortho intramolecular Hbond substituents is 2. The van der Waals surface area contributed by atoms with E-state index in [0.717, 1.165) is 28.1 Å². The summed E-state index contributed by atoms with van der Waals surface area (Å²) in [6.45, 7) is 0. The van der Waals surface area contributed by atoms with Gasteiger partial charge in [0.1, 0.15) is 11.5 Å². The Hall–Kier alpha value is -4.31. The molecule has 0 atom stereocenters. The smallest absolute Gasteiger partial charge is 0.215 e. The Balaban J connectivity index is 1.74. The molecule has 0 bridgehead atoms. The minimum atomic E-state index is -0.180. The first-order chi connectivity index (χ1) is 15.2. The highest BCUT2D eigenvalue weighted by Gasteiger charge is 2.16. The average Bonchev–Trinajstić information content (AvgIpc) is 2.82. The fraction of sp³-hybridized carbons (Fsp3) is 0. The number of para-hydroxylation sites is 2. The topological polar surface area (TPSA) is 56.6 Å². The summed E-state index contributed by atoms with van der Waals surface area (Å²) in [4.78, 5) is 0. The van der Waals surface area contributed by atoms with E-state index < -0.39 is 0 Å². The van der Waals surface area contributed by atoms with Crippen molar-refractivity contribution < 1.29 is 14.6 Å². The van der Waals surface area contributed by atoms with Crippen molar-refractivity contribution >= 4 is 11.4 Å². The summed E-state index contributed by atoms with van der Waals surface area (Å²) in [7, 11) is 0. The Bertz CT molecular complexity index is 1350. The molecule has 0 saturated carbocycles. The minimum Gasteiger partial charge on any atom is -0.504 e. The molecule has 0 saturated heterocycles. The van der Waals surface area contributed by atoms with Gasteiger partial charge in [0.25, 0.3) is 0 Å². The molecule has 150 valence electrons. The van der Waals surface area contributed by atoms with E-state index >= 15 is 0 Å². The van der Waals surface area contributed by atoms with Gasteiger partial charge in [-0.15, -0.1) is 0 Å². The standard InChI is InChI=1S/C27H19NO3/c29-24-15-12-20(17-25(24)30)26-16-13-19-11-14-23(18-27(19)31-26)28(21-7-3-1-4-8-21)22-9-5-2-6-10-22/h1-18,30H/p+1. The van der Waals surface area contributed by atoms with Crippen LogP contribution >= 0.6 is 0 Å². The van der Waals surface area contributed by atoms with Gasteiger partial charge >= 0.3 is 0 Å². The van der Waals surface area contributed by atoms with E-state index in [4.69, 9.17) is 4.42 Å². The Labute approximate surface area is 179 Å². The lowest BCUT2D eigenvalue weighted by Crippen LogP contribution is -2.21. The van der Waals surface area contributed by atoms with E-state index in [-0.39, 0.29) is 11.5 Å². The third-order valence-corrected chi connectivity index (χ3v) is 5.18. The Kier molecular flexibility index (Phi) is 4.73. The molecule has 2 N–H and O–H groups in total. The molecule has 2 aliphatic rings. The lowest BCUT2D eigenvalue weighted by Gasteiger charge is -2.09. The first kappa shape index (κ1) is 18.7. The molecule has 0 fully saturated rings. The van der Waals surface area contributed by atoms with Crippen molar-refractivity contribution in [2.24, 2.45) is 0 Å². The molecule has 0 spiro atoms. The maximum Gasteiger partial charge on any atom is 0.215 e. The predicted molar refractivity (Wildman–Crippen MR) is 122 cm³/mol. The largest absolute Gasteiger partial charge is 0.504 e. The normalized spacial score (nSPS) is 10.8. The lowest BCUT2D eigenvalue weighted by molar-refractivity contribution is 0.404. The molecule has 0 aromatic heterocycles. The maximum absolute atomic E-state index is 9.85. The van der Waals surface area contributed by atoms with Crippen LogP contribution in [0.1, 0.15) is 0 Å². The summed E-state index contributed by atoms with van der Waals surface area (Å²) in [5, 5.41) is 20.4. The zero-order chi connectivity index (χ0) is 21.2. The Morgan fingerprint density at radius 2 is 1.13 bits per heavy atom. The number of benzene rings is 4. The van der Waals surface area contributed by atoms with Crippen LogP contribution in [0.4, 0.5) is 11.4 Å². The fourth-order valence-corrected chi connectivity index (χ4v) is 3.64. The summed E-state index contributed by atoms with van der Waals surface area (Å²) < 4.78 is 8.36. The number of fused-ring (bicyclic) bond motifs is 1.